The highest BCUT2D eigenvalue weighted by molar-refractivity contribution is 14.1. The van der Waals surface area contributed by atoms with Crippen molar-refractivity contribution < 1.29 is 4.39 Å². The van der Waals surface area contributed by atoms with Gasteiger partial charge in [-0.2, -0.15) is 0 Å². The van der Waals surface area contributed by atoms with Crippen LogP contribution in [0.25, 0.3) is 4.96 Å². The summed E-state index contributed by atoms with van der Waals surface area (Å²) in [5, 5.41) is 5.31. The topological polar surface area (TPSA) is 29.3 Å². The summed E-state index contributed by atoms with van der Waals surface area (Å²) in [6.45, 7) is 0. The lowest BCUT2D eigenvalue weighted by molar-refractivity contribution is 0.577. The van der Waals surface area contributed by atoms with Gasteiger partial charge in [-0.1, -0.05) is 6.07 Å². The molecule has 1 N–H and O–H groups in total. The van der Waals surface area contributed by atoms with Crippen LogP contribution in [0.5, 0.6) is 0 Å². The highest BCUT2D eigenvalue weighted by Gasteiger charge is 2.15. The van der Waals surface area contributed by atoms with Gasteiger partial charge in [0.1, 0.15) is 5.82 Å². The van der Waals surface area contributed by atoms with Crippen molar-refractivity contribution in [3.05, 3.63) is 56.6 Å². The Morgan fingerprint density at radius 3 is 3.05 bits per heavy atom. The fourth-order valence-electron chi connectivity index (χ4n) is 2.24. The van der Waals surface area contributed by atoms with E-state index in [-0.39, 0.29) is 11.9 Å². The lowest BCUT2D eigenvalue weighted by Gasteiger charge is -2.17. The Bertz CT molecular complexity index is 708. The molecule has 3 nitrogen and oxygen atoms in total. The molecule has 0 aliphatic rings. The minimum atomic E-state index is -0.199. The number of hydrogen-bond donors (Lipinski definition) is 1. The summed E-state index contributed by atoms with van der Waals surface area (Å²) in [6, 6.07) is 5.04. The largest absolute Gasteiger partial charge is 0.313 e. The molecule has 1 unspecified atom stereocenters. The zero-order valence-electron chi connectivity index (χ0n) is 10.8. The Morgan fingerprint density at radius 1 is 1.50 bits per heavy atom. The second-order valence-electron chi connectivity index (χ2n) is 4.54. The second-order valence-corrected chi connectivity index (χ2v) is 6.57. The van der Waals surface area contributed by atoms with Crippen LogP contribution >= 0.6 is 33.9 Å². The summed E-state index contributed by atoms with van der Waals surface area (Å²) in [5.74, 6) is -0.199. The summed E-state index contributed by atoms with van der Waals surface area (Å²) in [5.41, 5.74) is 2.14. The first kappa shape index (κ1) is 14.0. The Morgan fingerprint density at radius 2 is 2.35 bits per heavy atom. The van der Waals surface area contributed by atoms with Crippen LogP contribution in [-0.4, -0.2) is 16.4 Å². The van der Waals surface area contributed by atoms with Crippen LogP contribution in [-0.2, 0) is 6.42 Å². The van der Waals surface area contributed by atoms with Gasteiger partial charge in [0, 0.05) is 33.8 Å². The molecule has 0 bridgehead atoms. The number of benzene rings is 1. The van der Waals surface area contributed by atoms with Crippen molar-refractivity contribution in [2.45, 2.75) is 12.5 Å². The average Bonchev–Trinajstić information content (AvgIpc) is 2.97. The Labute approximate surface area is 134 Å². The fraction of sp³-hybridized carbons (Fsp3) is 0.214. The summed E-state index contributed by atoms with van der Waals surface area (Å²) < 4.78 is 16.2. The molecule has 3 rings (SSSR count). The van der Waals surface area contributed by atoms with Gasteiger partial charge in [0.15, 0.2) is 4.96 Å². The van der Waals surface area contributed by atoms with Crippen molar-refractivity contribution in [3.63, 3.8) is 0 Å². The molecule has 104 valence electrons. The summed E-state index contributed by atoms with van der Waals surface area (Å²) in [4.78, 5) is 5.60. The molecule has 0 aliphatic heterocycles. The van der Waals surface area contributed by atoms with Gasteiger partial charge in [0.2, 0.25) is 0 Å². The van der Waals surface area contributed by atoms with Crippen LogP contribution in [0.15, 0.2) is 36.0 Å². The number of nitrogens with zero attached hydrogens (tertiary/aromatic N) is 2. The van der Waals surface area contributed by atoms with E-state index in [0.29, 0.717) is 0 Å². The predicted octanol–water partition coefficient (Wildman–Crippen LogP) is 3.64. The van der Waals surface area contributed by atoms with Crippen molar-refractivity contribution in [2.75, 3.05) is 7.05 Å². The zero-order valence-corrected chi connectivity index (χ0v) is 13.8. The van der Waals surface area contributed by atoms with Crippen molar-refractivity contribution in [1.82, 2.24) is 14.7 Å². The number of likely N-dealkylation sites (N-methyl/N-ethyl adjacent to an activating group) is 1. The maximum Gasteiger partial charge on any atom is 0.193 e. The van der Waals surface area contributed by atoms with Gasteiger partial charge >= 0.3 is 0 Å². The molecule has 3 aromatic rings. The Hall–Kier alpha value is -0.990. The van der Waals surface area contributed by atoms with Crippen LogP contribution < -0.4 is 5.32 Å². The fourth-order valence-corrected chi connectivity index (χ4v) is 3.81. The quantitative estimate of drug-likeness (QED) is 0.677. The third-order valence-corrected chi connectivity index (χ3v) is 4.95. The standard InChI is InChI=1S/C14H13FIN3S/c1-17-13(11-3-2-9(15)6-12(11)16)7-10-8-19-4-5-20-14(19)18-10/h2-6,8,13,17H,7H2,1H3. The highest BCUT2D eigenvalue weighted by atomic mass is 127. The summed E-state index contributed by atoms with van der Waals surface area (Å²) >= 11 is 3.80. The number of imidazole rings is 1. The van der Waals surface area contributed by atoms with Crippen molar-refractivity contribution in [3.8, 4) is 0 Å². The van der Waals surface area contributed by atoms with Gasteiger partial charge in [-0.25, -0.2) is 9.37 Å². The number of halogens is 2. The number of hydrogen-bond acceptors (Lipinski definition) is 3. The molecule has 0 saturated heterocycles. The van der Waals surface area contributed by atoms with E-state index in [4.69, 9.17) is 0 Å². The molecule has 0 fully saturated rings. The molecular weight excluding hydrogens is 388 g/mol. The molecule has 1 aromatic carbocycles. The Kier molecular flexibility index (Phi) is 4.04. The van der Waals surface area contributed by atoms with E-state index in [2.05, 4.69) is 32.9 Å². The molecule has 2 heterocycles. The maximum atomic E-state index is 13.2. The lowest BCUT2D eigenvalue weighted by Crippen LogP contribution is -2.20. The second kappa shape index (κ2) is 5.79. The molecule has 0 spiro atoms. The third-order valence-electron chi connectivity index (χ3n) is 3.24. The van der Waals surface area contributed by atoms with E-state index in [9.17, 15) is 4.39 Å². The van der Waals surface area contributed by atoms with Crippen LogP contribution in [0.4, 0.5) is 4.39 Å². The molecule has 0 radical (unpaired) electrons. The monoisotopic (exact) mass is 401 g/mol. The normalized spacial score (nSPS) is 12.9. The maximum absolute atomic E-state index is 13.2. The molecule has 2 aromatic heterocycles. The third kappa shape index (κ3) is 2.72. The average molecular weight is 401 g/mol. The minimum Gasteiger partial charge on any atom is -0.313 e. The van der Waals surface area contributed by atoms with E-state index in [1.54, 1.807) is 17.4 Å². The summed E-state index contributed by atoms with van der Waals surface area (Å²) in [6.07, 6.45) is 4.84. The van der Waals surface area contributed by atoms with E-state index < -0.39 is 0 Å². The van der Waals surface area contributed by atoms with Crippen molar-refractivity contribution in [1.29, 1.82) is 0 Å². The van der Waals surface area contributed by atoms with Gasteiger partial charge < -0.3 is 5.32 Å². The zero-order chi connectivity index (χ0) is 14.1. The lowest BCUT2D eigenvalue weighted by atomic mass is 10.0. The number of aromatic nitrogens is 2. The molecule has 0 aliphatic carbocycles. The smallest absolute Gasteiger partial charge is 0.193 e. The number of nitrogens with one attached hydrogen (secondary N) is 1. The van der Waals surface area contributed by atoms with Crippen LogP contribution in [0.1, 0.15) is 17.3 Å². The van der Waals surface area contributed by atoms with Gasteiger partial charge in [-0.15, -0.1) is 11.3 Å². The SMILES string of the molecule is CNC(Cc1cn2ccsc2n1)c1ccc(F)cc1I. The Balaban J connectivity index is 1.88. The predicted molar refractivity (Wildman–Crippen MR) is 87.7 cm³/mol. The number of fused-ring (bicyclic) bond motifs is 1. The van der Waals surface area contributed by atoms with E-state index >= 15 is 0 Å². The van der Waals surface area contributed by atoms with Crippen LogP contribution in [0.2, 0.25) is 0 Å². The molecule has 1 atom stereocenters. The van der Waals surface area contributed by atoms with E-state index in [1.807, 2.05) is 35.3 Å². The number of rotatable bonds is 4. The van der Waals surface area contributed by atoms with E-state index in [1.165, 1.54) is 6.07 Å². The van der Waals surface area contributed by atoms with Gasteiger partial charge in [-0.05, 0) is 47.3 Å². The van der Waals surface area contributed by atoms with Crippen LogP contribution in [0, 0.1) is 9.39 Å². The first-order valence-corrected chi connectivity index (χ1v) is 8.16. The highest BCUT2D eigenvalue weighted by Crippen LogP contribution is 2.24. The van der Waals surface area contributed by atoms with Crippen molar-refractivity contribution >= 4 is 38.9 Å². The minimum absolute atomic E-state index is 0.132. The number of thiazole rings is 1. The molecular formula is C14H13FIN3S. The molecule has 20 heavy (non-hydrogen) atoms. The van der Waals surface area contributed by atoms with Gasteiger partial charge in [0.25, 0.3) is 0 Å². The first-order valence-electron chi connectivity index (χ1n) is 6.20. The van der Waals surface area contributed by atoms with Gasteiger partial charge in [0.05, 0.1) is 5.69 Å². The first-order chi connectivity index (χ1) is 9.67. The van der Waals surface area contributed by atoms with E-state index in [0.717, 1.165) is 26.2 Å². The molecule has 6 heteroatoms. The molecule has 0 amide bonds. The van der Waals surface area contributed by atoms with Gasteiger partial charge in [-0.3, -0.25) is 4.40 Å². The van der Waals surface area contributed by atoms with Crippen molar-refractivity contribution in [2.24, 2.45) is 0 Å². The summed E-state index contributed by atoms with van der Waals surface area (Å²) in [7, 11) is 1.92. The van der Waals surface area contributed by atoms with Crippen LogP contribution in [0.3, 0.4) is 0 Å². The molecule has 0 saturated carbocycles.